The fourth-order valence-corrected chi connectivity index (χ4v) is 1.44. The van der Waals surface area contributed by atoms with Crippen LogP contribution in [0.3, 0.4) is 0 Å². The van der Waals surface area contributed by atoms with Crippen molar-refractivity contribution in [1.82, 2.24) is 9.78 Å². The van der Waals surface area contributed by atoms with Gasteiger partial charge in [0, 0.05) is 11.1 Å². The zero-order valence-corrected chi connectivity index (χ0v) is 9.97. The van der Waals surface area contributed by atoms with E-state index in [9.17, 15) is 8.78 Å². The summed E-state index contributed by atoms with van der Waals surface area (Å²) in [5.74, 6) is -0.475. The summed E-state index contributed by atoms with van der Waals surface area (Å²) in [6.45, 7) is 1.93. The zero-order valence-electron chi connectivity index (χ0n) is 9.15. The predicted molar refractivity (Wildman–Crippen MR) is 64.1 cm³/mol. The van der Waals surface area contributed by atoms with Gasteiger partial charge in [0.2, 0.25) is 0 Å². The van der Waals surface area contributed by atoms with E-state index < -0.39 is 11.6 Å². The van der Waals surface area contributed by atoms with E-state index >= 15 is 0 Å². The molecule has 2 aromatic rings. The first-order valence-corrected chi connectivity index (χ1v) is 4.79. The number of aromatic nitrogens is 2. The second-order valence-corrected chi connectivity index (χ2v) is 3.61. The molecule has 0 radical (unpaired) electrons. The minimum Gasteiger partial charge on any atom is -0.384 e. The molecule has 1 aromatic heterocycles. The Labute approximate surface area is 104 Å². The number of rotatable bonds is 2. The van der Waals surface area contributed by atoms with Gasteiger partial charge in [0.1, 0.15) is 17.5 Å². The quantitative estimate of drug-likeness (QED) is 0.901. The number of hydrogen-bond acceptors (Lipinski definition) is 2. The van der Waals surface area contributed by atoms with Crippen molar-refractivity contribution in [3.63, 3.8) is 0 Å². The summed E-state index contributed by atoms with van der Waals surface area (Å²) >= 11 is 0. The van der Waals surface area contributed by atoms with Crippen LogP contribution in [0.1, 0.15) is 11.1 Å². The number of halogens is 3. The van der Waals surface area contributed by atoms with Crippen LogP contribution < -0.4 is 5.73 Å². The van der Waals surface area contributed by atoms with Crippen molar-refractivity contribution in [2.24, 2.45) is 0 Å². The van der Waals surface area contributed by atoms with Gasteiger partial charge in [0.25, 0.3) is 0 Å². The van der Waals surface area contributed by atoms with E-state index in [1.54, 1.807) is 13.1 Å². The van der Waals surface area contributed by atoms with E-state index in [1.165, 1.54) is 4.68 Å². The fraction of sp³-hybridized carbons (Fsp3) is 0.182. The first-order valence-electron chi connectivity index (χ1n) is 4.79. The van der Waals surface area contributed by atoms with E-state index in [1.807, 2.05) is 0 Å². The lowest BCUT2D eigenvalue weighted by Gasteiger charge is -2.06. The second-order valence-electron chi connectivity index (χ2n) is 3.61. The Bertz CT molecular complexity index is 525. The maximum atomic E-state index is 13.3. The standard InChI is InChI=1S/C11H11F2N3.ClH/c1-7-5-15-16(11(7)14)6-8-4-9(12)2-3-10(8)13;/h2-5H,6,14H2,1H3;1H. The molecule has 0 fully saturated rings. The molecule has 1 aromatic carbocycles. The molecule has 3 nitrogen and oxygen atoms in total. The monoisotopic (exact) mass is 259 g/mol. The van der Waals surface area contributed by atoms with Crippen molar-refractivity contribution in [2.75, 3.05) is 5.73 Å². The zero-order chi connectivity index (χ0) is 11.7. The predicted octanol–water partition coefficient (Wildman–Crippen LogP) is 2.52. The summed E-state index contributed by atoms with van der Waals surface area (Å²) in [5, 5.41) is 3.98. The van der Waals surface area contributed by atoms with Crippen LogP contribution in [0.4, 0.5) is 14.6 Å². The highest BCUT2D eigenvalue weighted by Gasteiger charge is 2.08. The van der Waals surface area contributed by atoms with Crippen molar-refractivity contribution in [2.45, 2.75) is 13.5 Å². The second kappa shape index (κ2) is 5.14. The Kier molecular flexibility index (Phi) is 4.07. The number of benzene rings is 1. The molecule has 0 aliphatic heterocycles. The summed E-state index contributed by atoms with van der Waals surface area (Å²) in [7, 11) is 0. The number of hydrogen-bond donors (Lipinski definition) is 1. The number of nitrogens with zero attached hydrogens (tertiary/aromatic N) is 2. The SMILES string of the molecule is Cc1cnn(Cc2cc(F)ccc2F)c1N.Cl. The van der Waals surface area contributed by atoms with E-state index in [0.717, 1.165) is 23.8 Å². The molecule has 1 heterocycles. The Morgan fingerprint density at radius 2 is 2.06 bits per heavy atom. The maximum Gasteiger partial charge on any atom is 0.128 e. The summed E-state index contributed by atoms with van der Waals surface area (Å²) in [6, 6.07) is 3.32. The normalized spacial score (nSPS) is 10.1. The molecule has 0 saturated carbocycles. The van der Waals surface area contributed by atoms with Crippen LogP contribution >= 0.6 is 12.4 Å². The molecule has 17 heavy (non-hydrogen) atoms. The third kappa shape index (κ3) is 2.74. The van der Waals surface area contributed by atoms with Crippen molar-refractivity contribution in [3.05, 3.63) is 47.2 Å². The molecule has 0 bridgehead atoms. The van der Waals surface area contributed by atoms with Crippen LogP contribution in [0.25, 0.3) is 0 Å². The highest BCUT2D eigenvalue weighted by atomic mass is 35.5. The van der Waals surface area contributed by atoms with E-state index in [4.69, 9.17) is 5.73 Å². The Morgan fingerprint density at radius 3 is 2.65 bits per heavy atom. The lowest BCUT2D eigenvalue weighted by atomic mass is 10.2. The number of nitrogens with two attached hydrogens (primary N) is 1. The van der Waals surface area contributed by atoms with E-state index in [2.05, 4.69) is 5.10 Å². The van der Waals surface area contributed by atoms with Crippen LogP contribution in [0, 0.1) is 18.6 Å². The van der Waals surface area contributed by atoms with Gasteiger partial charge in [-0.15, -0.1) is 12.4 Å². The van der Waals surface area contributed by atoms with Gasteiger partial charge in [-0.05, 0) is 25.1 Å². The molecule has 0 unspecified atom stereocenters. The van der Waals surface area contributed by atoms with Crippen molar-refractivity contribution in [3.8, 4) is 0 Å². The van der Waals surface area contributed by atoms with Crippen LogP contribution in [-0.4, -0.2) is 9.78 Å². The summed E-state index contributed by atoms with van der Waals surface area (Å²) < 4.78 is 27.7. The molecule has 0 spiro atoms. The smallest absolute Gasteiger partial charge is 0.128 e. The van der Waals surface area contributed by atoms with Gasteiger partial charge < -0.3 is 5.73 Å². The summed E-state index contributed by atoms with van der Waals surface area (Å²) in [4.78, 5) is 0. The molecule has 92 valence electrons. The fourth-order valence-electron chi connectivity index (χ4n) is 1.44. The molecular weight excluding hydrogens is 248 g/mol. The molecule has 0 aliphatic carbocycles. The van der Waals surface area contributed by atoms with Gasteiger partial charge in [0.15, 0.2) is 0 Å². The lowest BCUT2D eigenvalue weighted by Crippen LogP contribution is -2.07. The van der Waals surface area contributed by atoms with Gasteiger partial charge in [-0.2, -0.15) is 5.10 Å². The molecule has 6 heteroatoms. The van der Waals surface area contributed by atoms with Crippen molar-refractivity contribution >= 4 is 18.2 Å². The highest BCUT2D eigenvalue weighted by Crippen LogP contribution is 2.15. The number of nitrogen functional groups attached to an aromatic ring is 1. The topological polar surface area (TPSA) is 43.8 Å². The Balaban J connectivity index is 0.00000144. The minimum absolute atomic E-state index is 0. The highest BCUT2D eigenvalue weighted by molar-refractivity contribution is 5.85. The average molecular weight is 260 g/mol. The number of anilines is 1. The summed E-state index contributed by atoms with van der Waals surface area (Å²) in [5.41, 5.74) is 6.77. The Hall–Kier alpha value is -1.62. The first kappa shape index (κ1) is 13.4. The molecule has 2 rings (SSSR count). The maximum absolute atomic E-state index is 13.3. The average Bonchev–Trinajstić information content (AvgIpc) is 2.55. The molecule has 0 atom stereocenters. The van der Waals surface area contributed by atoms with Crippen molar-refractivity contribution in [1.29, 1.82) is 0 Å². The molecular formula is C11H12ClF2N3. The van der Waals surface area contributed by atoms with E-state index in [-0.39, 0.29) is 24.5 Å². The molecule has 2 N–H and O–H groups in total. The minimum atomic E-state index is -0.473. The lowest BCUT2D eigenvalue weighted by molar-refractivity contribution is 0.568. The van der Waals surface area contributed by atoms with Gasteiger partial charge >= 0.3 is 0 Å². The number of aryl methyl sites for hydroxylation is 1. The van der Waals surface area contributed by atoms with E-state index in [0.29, 0.717) is 5.82 Å². The first-order chi connectivity index (χ1) is 7.58. The molecule has 0 aliphatic rings. The van der Waals surface area contributed by atoms with Crippen LogP contribution in [-0.2, 0) is 6.54 Å². The summed E-state index contributed by atoms with van der Waals surface area (Å²) in [6.07, 6.45) is 1.59. The van der Waals surface area contributed by atoms with Crippen LogP contribution in [0.5, 0.6) is 0 Å². The molecule has 0 amide bonds. The van der Waals surface area contributed by atoms with Crippen molar-refractivity contribution < 1.29 is 8.78 Å². The van der Waals surface area contributed by atoms with Gasteiger partial charge in [0.05, 0.1) is 12.7 Å². The molecule has 0 saturated heterocycles. The largest absolute Gasteiger partial charge is 0.384 e. The third-order valence-electron chi connectivity index (χ3n) is 2.40. The Morgan fingerprint density at radius 1 is 1.35 bits per heavy atom. The van der Waals surface area contributed by atoms with Gasteiger partial charge in [-0.1, -0.05) is 0 Å². The van der Waals surface area contributed by atoms with Crippen LogP contribution in [0.2, 0.25) is 0 Å². The van der Waals surface area contributed by atoms with Crippen LogP contribution in [0.15, 0.2) is 24.4 Å². The van der Waals surface area contributed by atoms with Gasteiger partial charge in [-0.25, -0.2) is 13.5 Å². The third-order valence-corrected chi connectivity index (χ3v) is 2.40. The van der Waals surface area contributed by atoms with Gasteiger partial charge in [-0.3, -0.25) is 0 Å².